The molecule has 3 nitrogen and oxygen atoms in total. The Morgan fingerprint density at radius 2 is 1.84 bits per heavy atom. The number of hydrogen-bond acceptors (Lipinski definition) is 3. The Bertz CT molecular complexity index is 1220. The molecule has 0 N–H and O–H groups in total. The van der Waals surface area contributed by atoms with E-state index in [1.165, 1.54) is 16.7 Å². The van der Waals surface area contributed by atoms with Crippen molar-refractivity contribution in [2.45, 2.75) is 65.2 Å². The van der Waals surface area contributed by atoms with Crippen LogP contribution in [0.4, 0.5) is 0 Å². The zero-order chi connectivity index (χ0) is 27.1. The second-order valence-electron chi connectivity index (χ2n) is 11.4. The maximum Gasteiger partial charge on any atom is 0.155 e. The van der Waals surface area contributed by atoms with E-state index in [1.54, 1.807) is 20.1 Å². The molecular weight excluding hydrogens is 468 g/mol. The van der Waals surface area contributed by atoms with E-state index < -0.39 is 0 Å². The summed E-state index contributed by atoms with van der Waals surface area (Å²) < 4.78 is 5.40. The number of carbonyl (C=O) groups is 2. The zero-order valence-corrected chi connectivity index (χ0v) is 23.4. The Morgan fingerprint density at radius 1 is 1.08 bits per heavy atom. The van der Waals surface area contributed by atoms with Crippen LogP contribution in [0.15, 0.2) is 78.4 Å². The van der Waals surface area contributed by atoms with E-state index >= 15 is 0 Å². The maximum atomic E-state index is 12.8. The van der Waals surface area contributed by atoms with Crippen LogP contribution in [0.3, 0.4) is 0 Å². The summed E-state index contributed by atoms with van der Waals surface area (Å²) in [5.74, 6) is 3.12. The molecule has 3 heteroatoms. The first-order chi connectivity index (χ1) is 18.4. The molecule has 200 valence electrons. The van der Waals surface area contributed by atoms with Gasteiger partial charge in [-0.05, 0) is 97.1 Å². The Hall–Kier alpha value is -3.20. The van der Waals surface area contributed by atoms with Crippen LogP contribution in [0.25, 0.3) is 6.08 Å². The molecule has 0 aromatic heterocycles. The van der Waals surface area contributed by atoms with Crippen LogP contribution in [-0.2, 0) is 16.0 Å². The predicted molar refractivity (Wildman–Crippen MR) is 156 cm³/mol. The van der Waals surface area contributed by atoms with E-state index in [2.05, 4.69) is 56.3 Å². The number of methoxy groups -OCH3 is 1. The Balaban J connectivity index is 1.51. The highest BCUT2D eigenvalue weighted by atomic mass is 16.5. The number of hydrogen-bond donors (Lipinski definition) is 0. The van der Waals surface area contributed by atoms with E-state index in [1.807, 2.05) is 30.3 Å². The van der Waals surface area contributed by atoms with Crippen molar-refractivity contribution in [2.24, 2.45) is 23.7 Å². The average molecular weight is 511 g/mol. The number of ketones is 2. The number of carbonyl (C=O) groups excluding carboxylic acids is 2. The monoisotopic (exact) mass is 510 g/mol. The van der Waals surface area contributed by atoms with Gasteiger partial charge in [0.05, 0.1) is 7.11 Å². The summed E-state index contributed by atoms with van der Waals surface area (Å²) in [4.78, 5) is 25.3. The fourth-order valence-electron chi connectivity index (χ4n) is 6.27. The molecule has 4 unspecified atom stereocenters. The minimum Gasteiger partial charge on any atom is -0.496 e. The first kappa shape index (κ1) is 27.8. The summed E-state index contributed by atoms with van der Waals surface area (Å²) in [6.07, 6.45) is 15.5. The largest absolute Gasteiger partial charge is 0.496 e. The van der Waals surface area contributed by atoms with Gasteiger partial charge in [0.25, 0.3) is 0 Å². The SMILES string of the molecule is COc1ccccc1/C=C/C(=O)CCC1Cc2ccccc2C(C(CC(C)=O)C2=CCC(C)C=C2)C[C@H]1C. The standard InChI is InChI=1S/C35H42O3/c1-24-13-15-27(16-14-24)33(22-26(3)36)34-21-25(2)29(23-30-10-5-7-11-32(30)34)18-20-31(37)19-17-28-9-6-8-12-35(28)38-4/h5-13,15-17,19,24-25,29,33-34H,14,18,20-23H2,1-4H3/b19-17+/t24?,25-,29?,33?,34?/m1/s1. The summed E-state index contributed by atoms with van der Waals surface area (Å²) in [7, 11) is 1.65. The highest BCUT2D eigenvalue weighted by Gasteiger charge is 2.35. The van der Waals surface area contributed by atoms with E-state index in [0.717, 1.165) is 37.0 Å². The molecule has 5 atom stereocenters. The van der Waals surface area contributed by atoms with Crippen LogP contribution < -0.4 is 4.74 Å². The van der Waals surface area contributed by atoms with Crippen LogP contribution in [0, 0.1) is 23.7 Å². The number of para-hydroxylation sites is 1. The minimum atomic E-state index is 0.151. The van der Waals surface area contributed by atoms with Gasteiger partial charge in [-0.1, -0.05) is 74.5 Å². The van der Waals surface area contributed by atoms with Gasteiger partial charge in [0.15, 0.2) is 5.78 Å². The lowest BCUT2D eigenvalue weighted by atomic mass is 9.72. The van der Waals surface area contributed by atoms with Crippen LogP contribution in [0.5, 0.6) is 5.75 Å². The van der Waals surface area contributed by atoms with Crippen molar-refractivity contribution in [1.29, 1.82) is 0 Å². The minimum absolute atomic E-state index is 0.151. The lowest BCUT2D eigenvalue weighted by Gasteiger charge is -2.32. The number of rotatable bonds is 10. The normalized spacial score (nSPS) is 23.8. The van der Waals surface area contributed by atoms with Crippen LogP contribution in [0.1, 0.15) is 75.5 Å². The van der Waals surface area contributed by atoms with Crippen molar-refractivity contribution < 1.29 is 14.3 Å². The molecule has 38 heavy (non-hydrogen) atoms. The summed E-state index contributed by atoms with van der Waals surface area (Å²) in [5.41, 5.74) is 5.01. The van der Waals surface area contributed by atoms with Crippen molar-refractivity contribution in [1.82, 2.24) is 0 Å². The molecule has 2 aromatic carbocycles. The highest BCUT2D eigenvalue weighted by molar-refractivity contribution is 5.93. The lowest BCUT2D eigenvalue weighted by molar-refractivity contribution is -0.118. The van der Waals surface area contributed by atoms with Gasteiger partial charge in [0, 0.05) is 18.4 Å². The van der Waals surface area contributed by atoms with Crippen LogP contribution in [-0.4, -0.2) is 18.7 Å². The van der Waals surface area contributed by atoms with Crippen molar-refractivity contribution in [3.8, 4) is 5.75 Å². The van der Waals surface area contributed by atoms with Gasteiger partial charge < -0.3 is 9.53 Å². The molecular formula is C35H42O3. The molecule has 0 heterocycles. The van der Waals surface area contributed by atoms with Crippen molar-refractivity contribution in [3.05, 3.63) is 95.1 Å². The number of ether oxygens (including phenoxy) is 1. The summed E-state index contributed by atoms with van der Waals surface area (Å²) >= 11 is 0. The lowest BCUT2D eigenvalue weighted by Crippen LogP contribution is -2.22. The third kappa shape index (κ3) is 7.01. The summed E-state index contributed by atoms with van der Waals surface area (Å²) in [6, 6.07) is 16.6. The molecule has 2 aliphatic carbocycles. The molecule has 0 radical (unpaired) electrons. The van der Waals surface area contributed by atoms with Gasteiger partial charge in [0.2, 0.25) is 0 Å². The van der Waals surface area contributed by atoms with Crippen LogP contribution in [0.2, 0.25) is 0 Å². The smallest absolute Gasteiger partial charge is 0.155 e. The molecule has 0 aliphatic heterocycles. The quantitative estimate of drug-likeness (QED) is 0.239. The zero-order valence-electron chi connectivity index (χ0n) is 23.4. The van der Waals surface area contributed by atoms with Crippen molar-refractivity contribution in [2.75, 3.05) is 7.11 Å². The van der Waals surface area contributed by atoms with Gasteiger partial charge in [0.1, 0.15) is 11.5 Å². The van der Waals surface area contributed by atoms with Gasteiger partial charge in [-0.2, -0.15) is 0 Å². The number of Topliss-reactive ketones (excluding diaryl/α,β-unsaturated/α-hetero) is 1. The molecule has 0 spiro atoms. The molecule has 0 bridgehead atoms. The molecule has 4 rings (SSSR count). The predicted octanol–water partition coefficient (Wildman–Crippen LogP) is 8.16. The Labute approximate surface area is 228 Å². The van der Waals surface area contributed by atoms with E-state index in [-0.39, 0.29) is 17.5 Å². The molecule has 2 aromatic rings. The van der Waals surface area contributed by atoms with Gasteiger partial charge in [-0.3, -0.25) is 4.79 Å². The van der Waals surface area contributed by atoms with E-state index in [0.29, 0.717) is 36.5 Å². The maximum absolute atomic E-state index is 12.8. The first-order valence-corrected chi connectivity index (χ1v) is 14.1. The summed E-state index contributed by atoms with van der Waals surface area (Å²) in [5, 5.41) is 0. The first-order valence-electron chi connectivity index (χ1n) is 14.1. The van der Waals surface area contributed by atoms with E-state index in [4.69, 9.17) is 4.74 Å². The molecule has 0 fully saturated rings. The third-order valence-corrected chi connectivity index (χ3v) is 8.48. The fraction of sp³-hybridized carbons (Fsp3) is 0.429. The number of fused-ring (bicyclic) bond motifs is 1. The van der Waals surface area contributed by atoms with Gasteiger partial charge >= 0.3 is 0 Å². The fourth-order valence-corrected chi connectivity index (χ4v) is 6.27. The van der Waals surface area contributed by atoms with Crippen LogP contribution >= 0.6 is 0 Å². The second-order valence-corrected chi connectivity index (χ2v) is 11.4. The van der Waals surface area contributed by atoms with Crippen molar-refractivity contribution >= 4 is 17.6 Å². The summed E-state index contributed by atoms with van der Waals surface area (Å²) in [6.45, 7) is 6.31. The van der Waals surface area contributed by atoms with E-state index in [9.17, 15) is 9.59 Å². The molecule has 0 saturated heterocycles. The second kappa shape index (κ2) is 13.0. The molecule has 0 saturated carbocycles. The van der Waals surface area contributed by atoms with Gasteiger partial charge in [-0.15, -0.1) is 0 Å². The number of allylic oxidation sites excluding steroid dienone is 5. The Kier molecular flexibility index (Phi) is 9.55. The number of benzene rings is 2. The van der Waals surface area contributed by atoms with Gasteiger partial charge in [-0.25, -0.2) is 0 Å². The Morgan fingerprint density at radius 3 is 2.58 bits per heavy atom. The third-order valence-electron chi connectivity index (χ3n) is 8.48. The molecule has 0 amide bonds. The average Bonchev–Trinajstić information content (AvgIpc) is 3.06. The van der Waals surface area contributed by atoms with Crippen molar-refractivity contribution in [3.63, 3.8) is 0 Å². The topological polar surface area (TPSA) is 43.4 Å². The highest BCUT2D eigenvalue weighted by Crippen LogP contribution is 2.46. The molecule has 2 aliphatic rings.